The van der Waals surface area contributed by atoms with Crippen molar-refractivity contribution < 1.29 is 14.3 Å². The molecule has 21 heavy (non-hydrogen) atoms. The summed E-state index contributed by atoms with van der Waals surface area (Å²) in [5, 5.41) is 0. The molecule has 0 spiro atoms. The molecule has 1 aliphatic heterocycles. The lowest BCUT2D eigenvalue weighted by atomic mass is 10.2. The number of carbonyl (C=O) groups excluding carboxylic acids is 1. The maximum atomic E-state index is 12.0. The SMILES string of the molecule is C/C=C/c1ccc(OCC(=O)N2CC[C@@H](N)C2)c(OC)c1. The van der Waals surface area contributed by atoms with Crippen molar-refractivity contribution in [1.29, 1.82) is 0 Å². The molecule has 1 atom stereocenters. The molecule has 0 saturated carbocycles. The molecule has 114 valence electrons. The summed E-state index contributed by atoms with van der Waals surface area (Å²) >= 11 is 0. The molecule has 1 amide bonds. The second-order valence-corrected chi connectivity index (χ2v) is 5.09. The Kier molecular flexibility index (Phi) is 5.22. The summed E-state index contributed by atoms with van der Waals surface area (Å²) in [7, 11) is 1.59. The van der Waals surface area contributed by atoms with Gasteiger partial charge in [-0.3, -0.25) is 4.79 Å². The normalized spacial score (nSPS) is 18.2. The van der Waals surface area contributed by atoms with Crippen LogP contribution < -0.4 is 15.2 Å². The predicted molar refractivity (Wildman–Crippen MR) is 82.4 cm³/mol. The summed E-state index contributed by atoms with van der Waals surface area (Å²) in [5.41, 5.74) is 6.83. The van der Waals surface area contributed by atoms with E-state index in [9.17, 15) is 4.79 Å². The molecule has 2 N–H and O–H groups in total. The fourth-order valence-electron chi connectivity index (χ4n) is 2.34. The minimum atomic E-state index is -0.0393. The third kappa shape index (κ3) is 3.98. The van der Waals surface area contributed by atoms with Gasteiger partial charge in [0.2, 0.25) is 0 Å². The maximum absolute atomic E-state index is 12.0. The number of likely N-dealkylation sites (tertiary alicyclic amines) is 1. The highest BCUT2D eigenvalue weighted by Gasteiger charge is 2.23. The molecule has 1 aromatic carbocycles. The topological polar surface area (TPSA) is 64.8 Å². The summed E-state index contributed by atoms with van der Waals surface area (Å²) in [6.07, 6.45) is 4.78. The number of rotatable bonds is 5. The van der Waals surface area contributed by atoms with Crippen molar-refractivity contribution in [1.82, 2.24) is 4.90 Å². The van der Waals surface area contributed by atoms with Crippen LogP contribution >= 0.6 is 0 Å². The molecule has 1 fully saturated rings. The van der Waals surface area contributed by atoms with Gasteiger partial charge >= 0.3 is 0 Å². The number of carbonyl (C=O) groups is 1. The average molecular weight is 290 g/mol. The smallest absolute Gasteiger partial charge is 0.260 e. The zero-order chi connectivity index (χ0) is 15.2. The molecule has 5 nitrogen and oxygen atoms in total. The van der Waals surface area contributed by atoms with Gasteiger partial charge in [0, 0.05) is 19.1 Å². The highest BCUT2D eigenvalue weighted by atomic mass is 16.5. The first-order valence-corrected chi connectivity index (χ1v) is 7.11. The second kappa shape index (κ2) is 7.13. The highest BCUT2D eigenvalue weighted by molar-refractivity contribution is 5.78. The fourth-order valence-corrected chi connectivity index (χ4v) is 2.34. The first-order chi connectivity index (χ1) is 10.1. The van der Waals surface area contributed by atoms with E-state index in [2.05, 4.69) is 0 Å². The van der Waals surface area contributed by atoms with E-state index in [-0.39, 0.29) is 18.6 Å². The van der Waals surface area contributed by atoms with Gasteiger partial charge in [0.05, 0.1) is 7.11 Å². The van der Waals surface area contributed by atoms with Crippen LogP contribution in [-0.2, 0) is 4.79 Å². The van der Waals surface area contributed by atoms with E-state index in [0.717, 1.165) is 12.0 Å². The van der Waals surface area contributed by atoms with Crippen LogP contribution in [0.3, 0.4) is 0 Å². The van der Waals surface area contributed by atoms with Crippen LogP contribution in [0, 0.1) is 0 Å². The highest BCUT2D eigenvalue weighted by Crippen LogP contribution is 2.28. The Morgan fingerprint density at radius 3 is 2.90 bits per heavy atom. The fraction of sp³-hybridized carbons (Fsp3) is 0.438. The van der Waals surface area contributed by atoms with Gasteiger partial charge in [-0.25, -0.2) is 0 Å². The first-order valence-electron chi connectivity index (χ1n) is 7.11. The summed E-state index contributed by atoms with van der Waals surface area (Å²) < 4.78 is 10.9. The molecule has 1 saturated heterocycles. The molecule has 0 aromatic heterocycles. The van der Waals surface area contributed by atoms with Crippen LogP contribution in [-0.4, -0.2) is 43.7 Å². The van der Waals surface area contributed by atoms with Crippen LogP contribution in [0.5, 0.6) is 11.5 Å². The van der Waals surface area contributed by atoms with Gasteiger partial charge in [-0.1, -0.05) is 18.2 Å². The first kappa shape index (κ1) is 15.4. The number of amides is 1. The summed E-state index contributed by atoms with van der Waals surface area (Å²) in [5.74, 6) is 1.15. The Morgan fingerprint density at radius 2 is 2.29 bits per heavy atom. The predicted octanol–water partition coefficient (Wildman–Crippen LogP) is 1.67. The maximum Gasteiger partial charge on any atom is 0.260 e. The van der Waals surface area contributed by atoms with E-state index >= 15 is 0 Å². The summed E-state index contributed by atoms with van der Waals surface area (Å²) in [4.78, 5) is 13.8. The van der Waals surface area contributed by atoms with E-state index in [0.29, 0.717) is 24.6 Å². The van der Waals surface area contributed by atoms with Crippen LogP contribution in [0.1, 0.15) is 18.9 Å². The molecule has 1 heterocycles. The number of allylic oxidation sites excluding steroid dienone is 1. The summed E-state index contributed by atoms with van der Waals surface area (Å²) in [6.45, 7) is 3.28. The number of ether oxygens (including phenoxy) is 2. The van der Waals surface area contributed by atoms with Gasteiger partial charge < -0.3 is 20.1 Å². The van der Waals surface area contributed by atoms with Gasteiger partial charge in [0.15, 0.2) is 18.1 Å². The third-order valence-electron chi connectivity index (χ3n) is 3.48. The van der Waals surface area contributed by atoms with Gasteiger partial charge in [0.1, 0.15) is 0 Å². The van der Waals surface area contributed by atoms with E-state index in [1.165, 1.54) is 0 Å². The van der Waals surface area contributed by atoms with Crippen molar-refractivity contribution >= 4 is 12.0 Å². The molecule has 0 bridgehead atoms. The second-order valence-electron chi connectivity index (χ2n) is 5.09. The standard InChI is InChI=1S/C16H22N2O3/c1-3-4-12-5-6-14(15(9-12)20-2)21-11-16(19)18-8-7-13(17)10-18/h3-6,9,13H,7-8,10-11,17H2,1-2H3/b4-3+/t13-/m1/s1. The van der Waals surface area contributed by atoms with Crippen LogP contribution in [0.25, 0.3) is 6.08 Å². The van der Waals surface area contributed by atoms with Crippen molar-refractivity contribution in [2.75, 3.05) is 26.8 Å². The van der Waals surface area contributed by atoms with E-state index in [1.54, 1.807) is 12.0 Å². The molecule has 0 unspecified atom stereocenters. The molecule has 2 rings (SSSR count). The Morgan fingerprint density at radius 1 is 1.48 bits per heavy atom. The number of benzene rings is 1. The van der Waals surface area contributed by atoms with Crippen LogP contribution in [0.2, 0.25) is 0 Å². The van der Waals surface area contributed by atoms with Crippen LogP contribution in [0.4, 0.5) is 0 Å². The monoisotopic (exact) mass is 290 g/mol. The lowest BCUT2D eigenvalue weighted by molar-refractivity contribution is -0.132. The van der Waals surface area contributed by atoms with Crippen molar-refractivity contribution in [3.8, 4) is 11.5 Å². The van der Waals surface area contributed by atoms with Gasteiger partial charge in [-0.2, -0.15) is 0 Å². The average Bonchev–Trinajstić information content (AvgIpc) is 2.92. The molecule has 1 aromatic rings. The number of hydrogen-bond acceptors (Lipinski definition) is 4. The van der Waals surface area contributed by atoms with Crippen molar-refractivity contribution in [3.05, 3.63) is 29.8 Å². The van der Waals surface area contributed by atoms with E-state index < -0.39 is 0 Å². The van der Waals surface area contributed by atoms with Crippen molar-refractivity contribution in [2.45, 2.75) is 19.4 Å². The molecule has 1 aliphatic rings. The third-order valence-corrected chi connectivity index (χ3v) is 3.48. The van der Waals surface area contributed by atoms with Gasteiger partial charge in [0.25, 0.3) is 5.91 Å². The zero-order valence-electron chi connectivity index (χ0n) is 12.5. The van der Waals surface area contributed by atoms with E-state index in [1.807, 2.05) is 37.3 Å². The Balaban J connectivity index is 1.97. The van der Waals surface area contributed by atoms with Crippen LogP contribution in [0.15, 0.2) is 24.3 Å². The largest absolute Gasteiger partial charge is 0.493 e. The van der Waals surface area contributed by atoms with E-state index in [4.69, 9.17) is 15.2 Å². The zero-order valence-corrected chi connectivity index (χ0v) is 12.5. The summed E-state index contributed by atoms with van der Waals surface area (Å²) in [6, 6.07) is 5.71. The Labute approximate surface area is 125 Å². The number of nitrogens with two attached hydrogens (primary N) is 1. The number of nitrogens with zero attached hydrogens (tertiary/aromatic N) is 1. The van der Waals surface area contributed by atoms with Crippen molar-refractivity contribution in [2.24, 2.45) is 5.73 Å². The molecular formula is C16H22N2O3. The lowest BCUT2D eigenvalue weighted by Gasteiger charge is -2.17. The number of methoxy groups -OCH3 is 1. The number of hydrogen-bond donors (Lipinski definition) is 1. The minimum absolute atomic E-state index is 0.00600. The minimum Gasteiger partial charge on any atom is -0.493 e. The molecular weight excluding hydrogens is 268 g/mol. The lowest BCUT2D eigenvalue weighted by Crippen LogP contribution is -2.35. The quantitative estimate of drug-likeness (QED) is 0.896. The molecule has 0 aliphatic carbocycles. The van der Waals surface area contributed by atoms with Gasteiger partial charge in [-0.05, 0) is 31.0 Å². The Hall–Kier alpha value is -2.01. The molecule has 5 heteroatoms. The Bertz CT molecular complexity index is 528. The molecule has 0 radical (unpaired) electrons. The van der Waals surface area contributed by atoms with Crippen molar-refractivity contribution in [3.63, 3.8) is 0 Å². The van der Waals surface area contributed by atoms with Gasteiger partial charge in [-0.15, -0.1) is 0 Å².